The lowest BCUT2D eigenvalue weighted by Crippen LogP contribution is -2.59. The summed E-state index contributed by atoms with van der Waals surface area (Å²) in [7, 11) is 1.89. The standard InChI is InChI=1S/C20H32N2O2/c1-4-22(5-2)16-15-21(3)20(24,18-13-9-10-14-18)19(23)17-11-7-6-8-12-17/h6-8,11-12,18,24H,4-5,9-10,13-16H2,1-3H3/t20-/m0/s1. The molecule has 1 aromatic carbocycles. The topological polar surface area (TPSA) is 43.8 Å². The van der Waals surface area contributed by atoms with E-state index in [1.165, 1.54) is 0 Å². The third-order valence-electron chi connectivity index (χ3n) is 5.52. The van der Waals surface area contributed by atoms with E-state index in [0.717, 1.165) is 45.3 Å². The van der Waals surface area contributed by atoms with Gasteiger partial charge in [-0.05, 0) is 33.0 Å². The predicted octanol–water partition coefficient (Wildman–Crippen LogP) is 3.02. The fourth-order valence-corrected chi connectivity index (χ4v) is 3.80. The number of rotatable bonds is 9. The number of hydrogen-bond donors (Lipinski definition) is 1. The summed E-state index contributed by atoms with van der Waals surface area (Å²) in [4.78, 5) is 17.4. The number of benzene rings is 1. The molecule has 0 spiro atoms. The van der Waals surface area contributed by atoms with Crippen LogP contribution in [-0.2, 0) is 0 Å². The van der Waals surface area contributed by atoms with Crippen molar-refractivity contribution < 1.29 is 9.90 Å². The van der Waals surface area contributed by atoms with Gasteiger partial charge in [0.1, 0.15) is 0 Å². The second-order valence-corrected chi connectivity index (χ2v) is 6.85. The summed E-state index contributed by atoms with van der Waals surface area (Å²) >= 11 is 0. The first-order chi connectivity index (χ1) is 11.5. The summed E-state index contributed by atoms with van der Waals surface area (Å²) in [6.45, 7) is 7.80. The van der Waals surface area contributed by atoms with Crippen LogP contribution >= 0.6 is 0 Å². The van der Waals surface area contributed by atoms with Crippen molar-refractivity contribution in [2.45, 2.75) is 45.3 Å². The van der Waals surface area contributed by atoms with Gasteiger partial charge in [0.05, 0.1) is 0 Å². The van der Waals surface area contributed by atoms with E-state index in [1.807, 2.05) is 30.1 Å². The van der Waals surface area contributed by atoms with Gasteiger partial charge in [0.15, 0.2) is 5.72 Å². The maximum Gasteiger partial charge on any atom is 0.209 e. The molecule has 1 aliphatic rings. The Morgan fingerprint density at radius 1 is 1.12 bits per heavy atom. The molecule has 1 aliphatic carbocycles. The van der Waals surface area contributed by atoms with Crippen molar-refractivity contribution in [2.75, 3.05) is 33.2 Å². The van der Waals surface area contributed by atoms with Gasteiger partial charge in [0.25, 0.3) is 0 Å². The average molecular weight is 332 g/mol. The third-order valence-corrected chi connectivity index (χ3v) is 5.52. The van der Waals surface area contributed by atoms with Gasteiger partial charge in [-0.25, -0.2) is 0 Å². The summed E-state index contributed by atoms with van der Waals surface area (Å²) in [5, 5.41) is 11.5. The van der Waals surface area contributed by atoms with E-state index in [0.29, 0.717) is 12.1 Å². The van der Waals surface area contributed by atoms with Gasteiger partial charge in [0, 0.05) is 24.6 Å². The number of carbonyl (C=O) groups is 1. The fourth-order valence-electron chi connectivity index (χ4n) is 3.80. The molecule has 4 heteroatoms. The summed E-state index contributed by atoms with van der Waals surface area (Å²) in [5.41, 5.74) is -0.799. The van der Waals surface area contributed by atoms with Crippen molar-refractivity contribution in [3.8, 4) is 0 Å². The SMILES string of the molecule is CCN(CC)CCN(C)[C@@](O)(C(=O)c1ccccc1)C1CCCC1. The average Bonchev–Trinajstić information content (AvgIpc) is 3.17. The van der Waals surface area contributed by atoms with Crippen molar-refractivity contribution in [2.24, 2.45) is 5.92 Å². The highest BCUT2D eigenvalue weighted by Crippen LogP contribution is 2.37. The number of hydrogen-bond acceptors (Lipinski definition) is 4. The minimum atomic E-state index is -1.40. The Bertz CT molecular complexity index is 510. The minimum Gasteiger partial charge on any atom is -0.368 e. The highest BCUT2D eigenvalue weighted by molar-refractivity contribution is 6.02. The Morgan fingerprint density at radius 2 is 1.71 bits per heavy atom. The number of aliphatic hydroxyl groups is 1. The zero-order valence-corrected chi connectivity index (χ0v) is 15.4. The lowest BCUT2D eigenvalue weighted by molar-refractivity contribution is -0.103. The van der Waals surface area contributed by atoms with Crippen LogP contribution in [0.1, 0.15) is 49.9 Å². The third kappa shape index (κ3) is 4.05. The Balaban J connectivity index is 2.21. The smallest absolute Gasteiger partial charge is 0.209 e. The number of carbonyl (C=O) groups excluding carboxylic acids is 1. The normalized spacial score (nSPS) is 18.2. The zero-order chi connectivity index (χ0) is 17.6. The quantitative estimate of drug-likeness (QED) is 0.558. The van der Waals surface area contributed by atoms with Gasteiger partial charge in [0.2, 0.25) is 5.78 Å². The second kappa shape index (κ2) is 8.75. The Hall–Kier alpha value is -1.23. The van der Waals surface area contributed by atoms with Gasteiger partial charge in [-0.3, -0.25) is 9.69 Å². The lowest BCUT2D eigenvalue weighted by atomic mass is 9.85. The monoisotopic (exact) mass is 332 g/mol. The molecule has 1 atom stereocenters. The molecule has 0 amide bonds. The summed E-state index contributed by atoms with van der Waals surface area (Å²) in [6.07, 6.45) is 4.03. The highest BCUT2D eigenvalue weighted by Gasteiger charge is 2.48. The van der Waals surface area contributed by atoms with Crippen LogP contribution in [-0.4, -0.2) is 59.6 Å². The van der Waals surface area contributed by atoms with Crippen LogP contribution in [0.4, 0.5) is 0 Å². The minimum absolute atomic E-state index is 0.0203. The molecule has 1 aromatic rings. The molecular formula is C20H32N2O2. The van der Waals surface area contributed by atoms with Crippen molar-refractivity contribution >= 4 is 5.78 Å². The summed E-state index contributed by atoms with van der Waals surface area (Å²) in [5.74, 6) is -0.135. The van der Waals surface area contributed by atoms with Gasteiger partial charge >= 0.3 is 0 Å². The van der Waals surface area contributed by atoms with Crippen LogP contribution in [0.2, 0.25) is 0 Å². The van der Waals surface area contributed by atoms with Crippen molar-refractivity contribution in [1.82, 2.24) is 9.80 Å². The van der Waals surface area contributed by atoms with E-state index in [2.05, 4.69) is 18.7 Å². The van der Waals surface area contributed by atoms with E-state index >= 15 is 0 Å². The van der Waals surface area contributed by atoms with E-state index in [9.17, 15) is 9.90 Å². The second-order valence-electron chi connectivity index (χ2n) is 6.85. The van der Waals surface area contributed by atoms with Crippen LogP contribution in [0.25, 0.3) is 0 Å². The molecule has 0 unspecified atom stereocenters. The first-order valence-corrected chi connectivity index (χ1v) is 9.29. The first kappa shape index (κ1) is 19.1. The largest absolute Gasteiger partial charge is 0.368 e. The van der Waals surface area contributed by atoms with Crippen molar-refractivity contribution in [3.05, 3.63) is 35.9 Å². The number of ketones is 1. The van der Waals surface area contributed by atoms with Crippen molar-refractivity contribution in [3.63, 3.8) is 0 Å². The molecular weight excluding hydrogens is 300 g/mol. The number of likely N-dealkylation sites (N-methyl/N-ethyl adjacent to an activating group) is 2. The highest BCUT2D eigenvalue weighted by atomic mass is 16.3. The molecule has 24 heavy (non-hydrogen) atoms. The van der Waals surface area contributed by atoms with Crippen molar-refractivity contribution in [1.29, 1.82) is 0 Å². The first-order valence-electron chi connectivity index (χ1n) is 9.29. The molecule has 0 radical (unpaired) electrons. The number of Topliss-reactive ketones (excluding diaryl/α,β-unsaturated/α-hetero) is 1. The molecule has 0 saturated heterocycles. The molecule has 2 rings (SSSR count). The zero-order valence-electron chi connectivity index (χ0n) is 15.4. The molecule has 4 nitrogen and oxygen atoms in total. The van der Waals surface area contributed by atoms with E-state index < -0.39 is 5.72 Å². The molecule has 1 fully saturated rings. The van der Waals surface area contributed by atoms with Gasteiger partial charge in [-0.15, -0.1) is 0 Å². The number of nitrogens with zero attached hydrogens (tertiary/aromatic N) is 2. The van der Waals surface area contributed by atoms with Crippen LogP contribution in [0.3, 0.4) is 0 Å². The van der Waals surface area contributed by atoms with Crippen LogP contribution < -0.4 is 0 Å². The summed E-state index contributed by atoms with van der Waals surface area (Å²) in [6, 6.07) is 9.23. The maximum atomic E-state index is 13.2. The lowest BCUT2D eigenvalue weighted by Gasteiger charge is -2.41. The van der Waals surface area contributed by atoms with Gasteiger partial charge < -0.3 is 10.0 Å². The van der Waals surface area contributed by atoms with E-state index in [4.69, 9.17) is 0 Å². The van der Waals surface area contributed by atoms with Gasteiger partial charge in [-0.2, -0.15) is 0 Å². The van der Waals surface area contributed by atoms with Crippen LogP contribution in [0.5, 0.6) is 0 Å². The maximum absolute atomic E-state index is 13.2. The molecule has 0 bridgehead atoms. The fraction of sp³-hybridized carbons (Fsp3) is 0.650. The van der Waals surface area contributed by atoms with Crippen LogP contribution in [0, 0.1) is 5.92 Å². The Kier molecular flexibility index (Phi) is 6.96. The predicted molar refractivity (Wildman–Crippen MR) is 98.1 cm³/mol. The van der Waals surface area contributed by atoms with E-state index in [-0.39, 0.29) is 11.7 Å². The molecule has 1 saturated carbocycles. The van der Waals surface area contributed by atoms with Crippen LogP contribution in [0.15, 0.2) is 30.3 Å². The Morgan fingerprint density at radius 3 is 2.25 bits per heavy atom. The molecule has 0 aromatic heterocycles. The summed E-state index contributed by atoms with van der Waals surface area (Å²) < 4.78 is 0. The molecule has 0 aliphatic heterocycles. The van der Waals surface area contributed by atoms with Gasteiger partial charge in [-0.1, -0.05) is 57.0 Å². The molecule has 0 heterocycles. The van der Waals surface area contributed by atoms with E-state index in [1.54, 1.807) is 12.1 Å². The molecule has 1 N–H and O–H groups in total. The Labute approximate surface area is 146 Å². The molecule has 134 valence electrons.